The first-order valence-electron chi connectivity index (χ1n) is 9.98. The molecule has 0 amide bonds. The number of aliphatic hydroxyl groups excluding tert-OH is 1. The predicted octanol–water partition coefficient (Wildman–Crippen LogP) is 4.66. The lowest BCUT2D eigenvalue weighted by Gasteiger charge is -2.36. The molecule has 0 saturated carbocycles. The quantitative estimate of drug-likeness (QED) is 0.720. The molecule has 1 N–H and O–H groups in total. The van der Waals surface area contributed by atoms with Gasteiger partial charge in [-0.3, -0.25) is 4.90 Å². The predicted molar refractivity (Wildman–Crippen MR) is 117 cm³/mol. The van der Waals surface area contributed by atoms with Gasteiger partial charge in [-0.25, -0.2) is 4.99 Å². The van der Waals surface area contributed by atoms with Gasteiger partial charge in [0.25, 0.3) is 0 Å². The van der Waals surface area contributed by atoms with Crippen LogP contribution in [0.25, 0.3) is 0 Å². The van der Waals surface area contributed by atoms with E-state index in [0.29, 0.717) is 6.61 Å². The second-order valence-corrected chi connectivity index (χ2v) is 8.78. The minimum absolute atomic E-state index is 0.301. The fourth-order valence-corrected chi connectivity index (χ4v) is 4.91. The number of hydrogen-bond donors (Lipinski definition) is 1. The maximum Gasteiger partial charge on any atom is 0.137 e. The first-order chi connectivity index (χ1) is 13.7. The monoisotopic (exact) mass is 415 g/mol. The largest absolute Gasteiger partial charge is 0.396 e. The van der Waals surface area contributed by atoms with Gasteiger partial charge in [-0.2, -0.15) is 0 Å². The summed E-state index contributed by atoms with van der Waals surface area (Å²) in [4.78, 5) is 12.4. The Bertz CT molecular complexity index is 849. The Balaban J connectivity index is 1.54. The average molecular weight is 416 g/mol. The van der Waals surface area contributed by atoms with Crippen LogP contribution in [-0.2, 0) is 0 Å². The number of halogens is 1. The summed E-state index contributed by atoms with van der Waals surface area (Å²) in [5.74, 6) is 1.04. The Labute approximate surface area is 176 Å². The summed E-state index contributed by atoms with van der Waals surface area (Å²) in [6, 6.07) is 14.5. The molecule has 0 radical (unpaired) electrons. The molecule has 148 valence electrons. The molecule has 2 aliphatic heterocycles. The molecule has 1 saturated heterocycles. The SMILES string of the molecule is OCCCCCN1CCN(C2=Nc3ccccc3Sc3ccc(Cl)cc32)CC1. The molecule has 2 aromatic rings. The summed E-state index contributed by atoms with van der Waals surface area (Å²) in [6.45, 7) is 5.44. The van der Waals surface area contributed by atoms with Crippen LogP contribution >= 0.6 is 23.4 Å². The van der Waals surface area contributed by atoms with Crippen molar-refractivity contribution in [3.05, 3.63) is 53.1 Å². The molecule has 2 aromatic carbocycles. The smallest absolute Gasteiger partial charge is 0.137 e. The molecule has 0 spiro atoms. The first-order valence-corrected chi connectivity index (χ1v) is 11.2. The van der Waals surface area contributed by atoms with E-state index in [-0.39, 0.29) is 0 Å². The maximum atomic E-state index is 8.93. The Hall–Kier alpha value is -1.53. The van der Waals surface area contributed by atoms with Gasteiger partial charge in [-0.05, 0) is 56.1 Å². The van der Waals surface area contributed by atoms with Gasteiger partial charge >= 0.3 is 0 Å². The molecule has 0 atom stereocenters. The third kappa shape index (κ3) is 4.54. The fraction of sp³-hybridized carbons (Fsp3) is 0.409. The first kappa shape index (κ1) is 19.8. The van der Waals surface area contributed by atoms with Gasteiger partial charge < -0.3 is 10.0 Å². The molecule has 0 aliphatic carbocycles. The zero-order valence-electron chi connectivity index (χ0n) is 16.0. The van der Waals surface area contributed by atoms with Gasteiger partial charge in [-0.1, -0.05) is 35.5 Å². The highest BCUT2D eigenvalue weighted by Gasteiger charge is 2.25. The summed E-state index contributed by atoms with van der Waals surface area (Å²) in [5.41, 5.74) is 2.16. The van der Waals surface area contributed by atoms with Gasteiger partial charge in [0.1, 0.15) is 5.84 Å². The van der Waals surface area contributed by atoms with Gasteiger partial charge in [0.15, 0.2) is 0 Å². The molecule has 1 fully saturated rings. The minimum atomic E-state index is 0.301. The standard InChI is InChI=1S/C22H26ClN3OS/c23-17-8-9-20-18(16-17)22(24-19-6-2-3-7-21(19)28-20)26-13-11-25(12-14-26)10-4-1-5-15-27/h2-3,6-9,16,27H,1,4-5,10-15H2. The summed E-state index contributed by atoms with van der Waals surface area (Å²) in [7, 11) is 0. The van der Waals surface area contributed by atoms with Crippen LogP contribution in [0.5, 0.6) is 0 Å². The van der Waals surface area contributed by atoms with Crippen LogP contribution < -0.4 is 0 Å². The summed E-state index contributed by atoms with van der Waals surface area (Å²) >= 11 is 8.11. The van der Waals surface area contributed by atoms with Crippen molar-refractivity contribution in [1.82, 2.24) is 9.80 Å². The van der Waals surface area contributed by atoms with Crippen molar-refractivity contribution in [3.63, 3.8) is 0 Å². The van der Waals surface area contributed by atoms with E-state index in [1.807, 2.05) is 12.1 Å². The van der Waals surface area contributed by atoms with Gasteiger partial charge in [0.2, 0.25) is 0 Å². The van der Waals surface area contributed by atoms with Crippen molar-refractivity contribution >= 4 is 34.9 Å². The number of aliphatic hydroxyl groups is 1. The summed E-state index contributed by atoms with van der Waals surface area (Å²) < 4.78 is 0. The van der Waals surface area contributed by atoms with Crippen molar-refractivity contribution < 1.29 is 5.11 Å². The van der Waals surface area contributed by atoms with Crippen LogP contribution in [0.1, 0.15) is 24.8 Å². The van der Waals surface area contributed by atoms with E-state index >= 15 is 0 Å². The zero-order chi connectivity index (χ0) is 19.3. The number of hydrogen-bond acceptors (Lipinski definition) is 5. The van der Waals surface area contributed by atoms with Crippen molar-refractivity contribution in [3.8, 4) is 0 Å². The molecule has 0 aromatic heterocycles. The van der Waals surface area contributed by atoms with E-state index in [4.69, 9.17) is 21.7 Å². The number of aliphatic imine (C=N–C) groups is 1. The van der Waals surface area contributed by atoms with E-state index < -0.39 is 0 Å². The fourth-order valence-electron chi connectivity index (χ4n) is 3.74. The van der Waals surface area contributed by atoms with E-state index in [1.165, 1.54) is 9.79 Å². The third-order valence-electron chi connectivity index (χ3n) is 5.30. The number of amidine groups is 1. The van der Waals surface area contributed by atoms with Crippen molar-refractivity contribution in [1.29, 1.82) is 0 Å². The van der Waals surface area contributed by atoms with Gasteiger partial charge in [-0.15, -0.1) is 0 Å². The van der Waals surface area contributed by atoms with E-state index in [9.17, 15) is 0 Å². The summed E-state index contributed by atoms with van der Waals surface area (Å²) in [6.07, 6.45) is 3.17. The minimum Gasteiger partial charge on any atom is -0.396 e. The second kappa shape index (κ2) is 9.31. The average Bonchev–Trinajstić information content (AvgIpc) is 2.88. The molecule has 0 bridgehead atoms. The molecule has 4 nitrogen and oxygen atoms in total. The van der Waals surface area contributed by atoms with Crippen LogP contribution in [0, 0.1) is 0 Å². The highest BCUT2D eigenvalue weighted by molar-refractivity contribution is 7.99. The number of para-hydroxylation sites is 1. The maximum absolute atomic E-state index is 8.93. The Morgan fingerprint density at radius 1 is 0.964 bits per heavy atom. The molecule has 4 rings (SSSR count). The van der Waals surface area contributed by atoms with Crippen LogP contribution in [0.15, 0.2) is 57.2 Å². The molecule has 0 unspecified atom stereocenters. The summed E-state index contributed by atoms with van der Waals surface area (Å²) in [5, 5.41) is 9.68. The second-order valence-electron chi connectivity index (χ2n) is 7.26. The Morgan fingerprint density at radius 3 is 2.61 bits per heavy atom. The highest BCUT2D eigenvalue weighted by Crippen LogP contribution is 2.41. The molecular weight excluding hydrogens is 390 g/mol. The number of unbranched alkanes of at least 4 members (excludes halogenated alkanes) is 2. The Morgan fingerprint density at radius 2 is 1.79 bits per heavy atom. The van der Waals surface area contributed by atoms with Crippen LogP contribution in [0.3, 0.4) is 0 Å². The topological polar surface area (TPSA) is 39.1 Å². The Kier molecular flexibility index (Phi) is 6.58. The normalized spacial score (nSPS) is 16.9. The third-order valence-corrected chi connectivity index (χ3v) is 6.67. The number of fused-ring (bicyclic) bond motifs is 2. The zero-order valence-corrected chi connectivity index (χ0v) is 17.6. The number of benzene rings is 2. The molecule has 2 heterocycles. The van der Waals surface area contributed by atoms with E-state index in [2.05, 4.69) is 40.1 Å². The van der Waals surface area contributed by atoms with Crippen molar-refractivity contribution in [2.75, 3.05) is 39.3 Å². The van der Waals surface area contributed by atoms with Crippen LogP contribution in [-0.4, -0.2) is 60.1 Å². The molecule has 6 heteroatoms. The van der Waals surface area contributed by atoms with E-state index in [0.717, 1.165) is 74.1 Å². The van der Waals surface area contributed by atoms with Crippen molar-refractivity contribution in [2.45, 2.75) is 29.1 Å². The molecular formula is C22H26ClN3OS. The van der Waals surface area contributed by atoms with Crippen molar-refractivity contribution in [2.24, 2.45) is 4.99 Å². The molecule has 28 heavy (non-hydrogen) atoms. The van der Waals surface area contributed by atoms with Gasteiger partial charge in [0, 0.05) is 53.2 Å². The lowest BCUT2D eigenvalue weighted by Crippen LogP contribution is -2.49. The highest BCUT2D eigenvalue weighted by atomic mass is 35.5. The van der Waals surface area contributed by atoms with Crippen LogP contribution in [0.2, 0.25) is 5.02 Å². The molecule has 2 aliphatic rings. The number of piperazine rings is 1. The number of rotatable bonds is 5. The van der Waals surface area contributed by atoms with E-state index in [1.54, 1.807) is 11.8 Å². The lowest BCUT2D eigenvalue weighted by molar-refractivity contribution is 0.177. The van der Waals surface area contributed by atoms with Gasteiger partial charge in [0.05, 0.1) is 5.69 Å². The van der Waals surface area contributed by atoms with Crippen LogP contribution in [0.4, 0.5) is 5.69 Å². The number of nitrogens with zero attached hydrogens (tertiary/aromatic N) is 3. The lowest BCUT2D eigenvalue weighted by atomic mass is 10.1.